The molecule has 1 rings (SSSR count). The number of rotatable bonds is 10. The lowest BCUT2D eigenvalue weighted by atomic mass is 10.1. The first kappa shape index (κ1) is 19.6. The first-order valence-corrected chi connectivity index (χ1v) is 8.06. The molecule has 0 saturated heterocycles. The maximum absolute atomic E-state index is 10.4. The zero-order chi connectivity index (χ0) is 17.5. The van der Waals surface area contributed by atoms with E-state index in [9.17, 15) is 18.6 Å². The molecule has 0 spiro atoms. The quantitative estimate of drug-likeness (QED) is 0.246. The van der Waals surface area contributed by atoms with Crippen LogP contribution in [-0.2, 0) is 21.0 Å². The third-order valence-electron chi connectivity index (χ3n) is 2.94. The summed E-state index contributed by atoms with van der Waals surface area (Å²) in [6.07, 6.45) is -2.96. The molecular formula is C13H21NO8S. The number of benzene rings is 1. The van der Waals surface area contributed by atoms with Gasteiger partial charge in [-0.05, 0) is 30.7 Å². The van der Waals surface area contributed by atoms with Gasteiger partial charge in [0.1, 0.15) is 6.10 Å². The van der Waals surface area contributed by atoms with Gasteiger partial charge in [-0.2, -0.15) is 8.42 Å². The van der Waals surface area contributed by atoms with Gasteiger partial charge in [-0.25, -0.2) is 4.18 Å². The Hall–Kier alpha value is -1.43. The van der Waals surface area contributed by atoms with Gasteiger partial charge >= 0.3 is 10.4 Å². The molecule has 0 amide bonds. The predicted octanol–water partition coefficient (Wildman–Crippen LogP) is -0.665. The Bertz CT molecular complexity index is 592. The number of hydrogen-bond acceptors (Lipinski definition) is 8. The van der Waals surface area contributed by atoms with Crippen molar-refractivity contribution >= 4 is 10.4 Å². The van der Waals surface area contributed by atoms with Gasteiger partial charge in [0.25, 0.3) is 0 Å². The van der Waals surface area contributed by atoms with Gasteiger partial charge in [0, 0.05) is 6.54 Å². The second kappa shape index (κ2) is 9.01. The molecule has 0 bridgehead atoms. The second-order valence-corrected chi connectivity index (χ2v) is 5.67. The van der Waals surface area contributed by atoms with E-state index in [0.717, 1.165) is 5.56 Å². The lowest BCUT2D eigenvalue weighted by Crippen LogP contribution is -2.39. The number of ether oxygens (including phenoxy) is 2. The Kier molecular flexibility index (Phi) is 7.68. The zero-order valence-electron chi connectivity index (χ0n) is 12.8. The molecule has 0 fully saturated rings. The zero-order valence-corrected chi connectivity index (χ0v) is 13.6. The lowest BCUT2D eigenvalue weighted by Gasteiger charge is -2.16. The van der Waals surface area contributed by atoms with Gasteiger partial charge in [-0.3, -0.25) is 4.55 Å². The van der Waals surface area contributed by atoms with Crippen molar-refractivity contribution in [1.82, 2.24) is 5.32 Å². The summed E-state index contributed by atoms with van der Waals surface area (Å²) in [7, 11) is -1.74. The van der Waals surface area contributed by atoms with Crippen molar-refractivity contribution in [1.29, 1.82) is 0 Å². The average molecular weight is 351 g/mol. The van der Waals surface area contributed by atoms with Gasteiger partial charge < -0.3 is 25.0 Å². The van der Waals surface area contributed by atoms with Crippen molar-refractivity contribution in [3.05, 3.63) is 23.8 Å². The van der Waals surface area contributed by atoms with Crippen LogP contribution in [0.3, 0.4) is 0 Å². The molecule has 2 atom stereocenters. The van der Waals surface area contributed by atoms with Crippen molar-refractivity contribution < 1.29 is 36.8 Å². The maximum atomic E-state index is 10.4. The first-order chi connectivity index (χ1) is 10.8. The fourth-order valence-electron chi connectivity index (χ4n) is 1.81. The molecule has 4 N–H and O–H groups in total. The summed E-state index contributed by atoms with van der Waals surface area (Å²) in [6.45, 7) is 0.328. The fraction of sp³-hybridized carbons (Fsp3) is 0.538. The topological polar surface area (TPSA) is 135 Å². The molecule has 0 aliphatic carbocycles. The van der Waals surface area contributed by atoms with E-state index in [-0.39, 0.29) is 6.54 Å². The molecule has 2 unspecified atom stereocenters. The Morgan fingerprint density at radius 2 is 1.83 bits per heavy atom. The molecule has 0 radical (unpaired) electrons. The molecule has 0 aliphatic heterocycles. The van der Waals surface area contributed by atoms with Crippen molar-refractivity contribution in [2.45, 2.75) is 18.8 Å². The molecule has 0 aliphatic rings. The van der Waals surface area contributed by atoms with Crippen molar-refractivity contribution in [3.8, 4) is 11.5 Å². The van der Waals surface area contributed by atoms with Crippen molar-refractivity contribution in [2.75, 3.05) is 27.3 Å². The monoisotopic (exact) mass is 351 g/mol. The molecule has 23 heavy (non-hydrogen) atoms. The summed E-state index contributed by atoms with van der Waals surface area (Å²) in [4.78, 5) is 0. The largest absolute Gasteiger partial charge is 0.493 e. The van der Waals surface area contributed by atoms with E-state index in [1.807, 2.05) is 12.1 Å². The standard InChI is InChI=1S/C13H21NO8S/c1-20-11-4-3-9(7-12(11)21-2)5-6-14-8-10(15)13(16)22-23(17,18)19/h3-4,7,10,13-16H,5-6,8H2,1-2H3,(H,17,18,19). The normalized spacial score (nSPS) is 14.3. The Labute approximate surface area is 134 Å². The molecule has 1 aromatic carbocycles. The van der Waals surface area contributed by atoms with Crippen LogP contribution in [0.2, 0.25) is 0 Å². The maximum Gasteiger partial charge on any atom is 0.399 e. The number of aliphatic hydroxyl groups excluding tert-OH is 2. The number of hydrogen-bond donors (Lipinski definition) is 4. The summed E-state index contributed by atoms with van der Waals surface area (Å²) < 4.78 is 43.3. The molecule has 0 aromatic heterocycles. The lowest BCUT2D eigenvalue weighted by molar-refractivity contribution is -0.103. The van der Waals surface area contributed by atoms with Gasteiger partial charge in [0.2, 0.25) is 6.29 Å². The number of methoxy groups -OCH3 is 2. The van der Waals surface area contributed by atoms with E-state index in [1.54, 1.807) is 13.2 Å². The van der Waals surface area contributed by atoms with E-state index in [1.165, 1.54) is 7.11 Å². The minimum absolute atomic E-state index is 0.121. The minimum atomic E-state index is -4.82. The van der Waals surface area contributed by atoms with Crippen molar-refractivity contribution in [3.63, 3.8) is 0 Å². The molecular weight excluding hydrogens is 330 g/mol. The Balaban J connectivity index is 2.40. The van der Waals surface area contributed by atoms with E-state index < -0.39 is 22.8 Å². The highest BCUT2D eigenvalue weighted by molar-refractivity contribution is 7.80. The third kappa shape index (κ3) is 7.12. The summed E-state index contributed by atoms with van der Waals surface area (Å²) in [5.41, 5.74) is 0.958. The van der Waals surface area contributed by atoms with Crippen molar-refractivity contribution in [2.24, 2.45) is 0 Å². The summed E-state index contributed by atoms with van der Waals surface area (Å²) in [6, 6.07) is 5.44. The minimum Gasteiger partial charge on any atom is -0.493 e. The van der Waals surface area contributed by atoms with Gasteiger partial charge in [0.05, 0.1) is 14.2 Å². The number of aliphatic hydroxyl groups is 2. The Morgan fingerprint density at radius 1 is 1.17 bits per heavy atom. The molecule has 1 aromatic rings. The van der Waals surface area contributed by atoms with Crippen LogP contribution in [0.25, 0.3) is 0 Å². The van der Waals surface area contributed by atoms with Crippen LogP contribution < -0.4 is 14.8 Å². The smallest absolute Gasteiger partial charge is 0.399 e. The third-order valence-corrected chi connectivity index (χ3v) is 3.38. The first-order valence-electron chi connectivity index (χ1n) is 6.70. The molecule has 132 valence electrons. The predicted molar refractivity (Wildman–Crippen MR) is 80.8 cm³/mol. The highest BCUT2D eigenvalue weighted by Gasteiger charge is 2.22. The van der Waals surface area contributed by atoms with Crippen LogP contribution in [-0.4, -0.2) is 62.9 Å². The van der Waals surface area contributed by atoms with Crippen LogP contribution in [0, 0.1) is 0 Å². The van der Waals surface area contributed by atoms with Crippen LogP contribution in [0.4, 0.5) is 0 Å². The van der Waals surface area contributed by atoms with E-state index >= 15 is 0 Å². The SMILES string of the molecule is COc1ccc(CCNCC(O)C(O)OS(=O)(=O)O)cc1OC. The molecule has 9 nitrogen and oxygen atoms in total. The average Bonchev–Trinajstić information content (AvgIpc) is 2.49. The fourth-order valence-corrected chi connectivity index (χ4v) is 2.19. The van der Waals surface area contributed by atoms with Gasteiger partial charge in [0.15, 0.2) is 11.5 Å². The summed E-state index contributed by atoms with van der Waals surface area (Å²) in [5, 5.41) is 21.5. The highest BCUT2D eigenvalue weighted by Crippen LogP contribution is 2.27. The van der Waals surface area contributed by atoms with Gasteiger partial charge in [-0.1, -0.05) is 6.07 Å². The van der Waals surface area contributed by atoms with Crippen LogP contribution in [0.1, 0.15) is 5.56 Å². The van der Waals surface area contributed by atoms with Crippen LogP contribution in [0.15, 0.2) is 18.2 Å². The molecule has 0 heterocycles. The van der Waals surface area contributed by atoms with Crippen LogP contribution >= 0.6 is 0 Å². The van der Waals surface area contributed by atoms with E-state index in [2.05, 4.69) is 9.50 Å². The summed E-state index contributed by atoms with van der Waals surface area (Å²) >= 11 is 0. The highest BCUT2D eigenvalue weighted by atomic mass is 32.3. The number of nitrogens with one attached hydrogen (secondary N) is 1. The van der Waals surface area contributed by atoms with E-state index in [0.29, 0.717) is 24.5 Å². The second-order valence-electron chi connectivity index (χ2n) is 4.63. The van der Waals surface area contributed by atoms with Gasteiger partial charge in [-0.15, -0.1) is 0 Å². The summed E-state index contributed by atoms with van der Waals surface area (Å²) in [5.74, 6) is 1.21. The van der Waals surface area contributed by atoms with E-state index in [4.69, 9.17) is 14.0 Å². The Morgan fingerprint density at radius 3 is 2.39 bits per heavy atom. The van der Waals surface area contributed by atoms with Crippen LogP contribution in [0.5, 0.6) is 11.5 Å². The molecule has 10 heteroatoms. The molecule has 0 saturated carbocycles.